The minimum absolute atomic E-state index is 0.212. The van der Waals surface area contributed by atoms with Crippen LogP contribution in [0.2, 0.25) is 5.02 Å². The molecule has 2 aromatic carbocycles. The van der Waals surface area contributed by atoms with E-state index in [0.717, 1.165) is 16.9 Å². The van der Waals surface area contributed by atoms with Gasteiger partial charge >= 0.3 is 0 Å². The van der Waals surface area contributed by atoms with Crippen molar-refractivity contribution in [2.24, 2.45) is 10.3 Å². The number of ether oxygens (including phenoxy) is 1. The van der Waals surface area contributed by atoms with Gasteiger partial charge in [-0.15, -0.1) is 0 Å². The first-order valence-corrected chi connectivity index (χ1v) is 10.1. The number of halogens is 1. The largest absolute Gasteiger partial charge is 0.495 e. The van der Waals surface area contributed by atoms with Crippen molar-refractivity contribution in [2.75, 3.05) is 23.9 Å². The molecule has 1 fully saturated rings. The van der Waals surface area contributed by atoms with E-state index in [4.69, 9.17) is 16.3 Å². The van der Waals surface area contributed by atoms with Crippen LogP contribution < -0.4 is 15.0 Å². The minimum Gasteiger partial charge on any atom is -0.495 e. The number of amides is 3. The van der Waals surface area contributed by atoms with Crippen molar-refractivity contribution in [1.82, 2.24) is 5.01 Å². The number of methoxy groups -OCH3 is 1. The minimum atomic E-state index is -0.995. The molecule has 1 saturated heterocycles. The SMILES string of the molecule is CCc1ccc(NC(=O)CN2N=N[C@H]3C(=O)N(c4ccc(OC)c(Cl)c4)C(=O)[C@@H]32)cc1. The maximum Gasteiger partial charge on any atom is 0.263 e. The molecule has 0 aromatic heterocycles. The van der Waals surface area contributed by atoms with Crippen LogP contribution in [0.15, 0.2) is 52.8 Å². The number of hydrogen-bond acceptors (Lipinski definition) is 7. The van der Waals surface area contributed by atoms with Crippen LogP contribution in [0.4, 0.5) is 11.4 Å². The number of aryl methyl sites for hydroxylation is 1. The number of hydrogen-bond donors (Lipinski definition) is 1. The Labute approximate surface area is 183 Å². The summed E-state index contributed by atoms with van der Waals surface area (Å²) in [5.41, 5.74) is 2.10. The Hall–Kier alpha value is -3.46. The van der Waals surface area contributed by atoms with Gasteiger partial charge < -0.3 is 10.1 Å². The third-order valence-electron chi connectivity index (χ3n) is 5.20. The molecule has 0 unspecified atom stereocenters. The lowest BCUT2D eigenvalue weighted by Gasteiger charge is -2.20. The second kappa shape index (κ2) is 8.35. The molecule has 2 aliphatic rings. The van der Waals surface area contributed by atoms with Gasteiger partial charge in [-0.3, -0.25) is 19.4 Å². The van der Waals surface area contributed by atoms with E-state index in [1.165, 1.54) is 18.2 Å². The highest BCUT2D eigenvalue weighted by molar-refractivity contribution is 6.33. The maximum absolute atomic E-state index is 13.0. The number of carbonyl (C=O) groups is 3. The summed E-state index contributed by atoms with van der Waals surface area (Å²) in [6, 6.07) is 10.1. The molecule has 0 aliphatic carbocycles. The Kier molecular flexibility index (Phi) is 5.60. The zero-order chi connectivity index (χ0) is 22.1. The highest BCUT2D eigenvalue weighted by Gasteiger charge is 2.55. The summed E-state index contributed by atoms with van der Waals surface area (Å²) in [4.78, 5) is 39.3. The summed E-state index contributed by atoms with van der Waals surface area (Å²) < 4.78 is 5.11. The lowest BCUT2D eigenvalue weighted by Crippen LogP contribution is -2.43. The Morgan fingerprint density at radius 2 is 1.90 bits per heavy atom. The molecule has 31 heavy (non-hydrogen) atoms. The number of rotatable bonds is 6. The number of benzene rings is 2. The molecule has 2 heterocycles. The summed E-state index contributed by atoms with van der Waals surface area (Å²) >= 11 is 6.14. The molecule has 4 rings (SSSR count). The van der Waals surface area contributed by atoms with Gasteiger partial charge in [0.25, 0.3) is 11.8 Å². The maximum atomic E-state index is 13.0. The number of anilines is 2. The molecule has 9 nitrogen and oxygen atoms in total. The molecule has 0 saturated carbocycles. The highest BCUT2D eigenvalue weighted by atomic mass is 35.5. The van der Waals surface area contributed by atoms with E-state index in [9.17, 15) is 14.4 Å². The lowest BCUT2D eigenvalue weighted by atomic mass is 10.1. The lowest BCUT2D eigenvalue weighted by molar-refractivity contribution is -0.123. The molecule has 2 aromatic rings. The van der Waals surface area contributed by atoms with Crippen LogP contribution in [0.1, 0.15) is 12.5 Å². The van der Waals surface area contributed by atoms with Crippen molar-refractivity contribution in [1.29, 1.82) is 0 Å². The third-order valence-corrected chi connectivity index (χ3v) is 5.50. The fourth-order valence-electron chi connectivity index (χ4n) is 3.57. The van der Waals surface area contributed by atoms with Crippen molar-refractivity contribution in [3.05, 3.63) is 53.1 Å². The van der Waals surface area contributed by atoms with Gasteiger partial charge in [-0.1, -0.05) is 35.9 Å². The van der Waals surface area contributed by atoms with Gasteiger partial charge in [0, 0.05) is 5.69 Å². The van der Waals surface area contributed by atoms with E-state index in [0.29, 0.717) is 17.1 Å². The molecule has 2 aliphatic heterocycles. The number of carbonyl (C=O) groups excluding carboxylic acids is 3. The Morgan fingerprint density at radius 1 is 1.16 bits per heavy atom. The van der Waals surface area contributed by atoms with Gasteiger partial charge in [0.2, 0.25) is 5.91 Å². The standard InChI is InChI=1S/C21H20ClN5O4/c1-3-12-4-6-13(7-5-12)23-17(28)11-26-19-18(24-25-26)20(29)27(21(19)30)14-8-9-16(31-2)15(22)10-14/h4-10,18-19H,3,11H2,1-2H3,(H,23,28)/t18-,19-/m1/s1. The van der Waals surface area contributed by atoms with Gasteiger partial charge in [0.1, 0.15) is 12.3 Å². The molecular formula is C21H20ClN5O4. The molecule has 3 amide bonds. The van der Waals surface area contributed by atoms with Gasteiger partial charge in [-0.25, -0.2) is 4.90 Å². The average Bonchev–Trinajstić information content (AvgIpc) is 3.28. The first-order chi connectivity index (χ1) is 14.9. The van der Waals surface area contributed by atoms with Gasteiger partial charge in [-0.05, 0) is 42.3 Å². The average molecular weight is 442 g/mol. The van der Waals surface area contributed by atoms with Crippen LogP contribution >= 0.6 is 11.6 Å². The smallest absolute Gasteiger partial charge is 0.263 e. The second-order valence-corrected chi connectivity index (χ2v) is 7.53. The fraction of sp³-hybridized carbons (Fsp3) is 0.286. The zero-order valence-electron chi connectivity index (χ0n) is 16.9. The van der Waals surface area contributed by atoms with Gasteiger partial charge in [-0.2, -0.15) is 5.11 Å². The molecule has 0 bridgehead atoms. The molecule has 160 valence electrons. The first kappa shape index (κ1) is 20.8. The zero-order valence-corrected chi connectivity index (χ0v) is 17.7. The quantitative estimate of drug-likeness (QED) is 0.694. The van der Waals surface area contributed by atoms with Gasteiger partial charge in [0.15, 0.2) is 12.1 Å². The van der Waals surface area contributed by atoms with Crippen LogP contribution in [-0.4, -0.2) is 48.5 Å². The molecular weight excluding hydrogens is 422 g/mol. The monoisotopic (exact) mass is 441 g/mol. The van der Waals surface area contributed by atoms with Crippen molar-refractivity contribution in [3.8, 4) is 5.75 Å². The van der Waals surface area contributed by atoms with Crippen molar-refractivity contribution >= 4 is 40.7 Å². The molecule has 10 heteroatoms. The molecule has 0 radical (unpaired) electrons. The van der Waals surface area contributed by atoms with E-state index in [-0.39, 0.29) is 17.5 Å². The van der Waals surface area contributed by atoms with Crippen LogP contribution in [0.3, 0.4) is 0 Å². The molecule has 2 atom stereocenters. The predicted molar refractivity (Wildman–Crippen MR) is 114 cm³/mol. The predicted octanol–water partition coefficient (Wildman–Crippen LogP) is 2.84. The highest BCUT2D eigenvalue weighted by Crippen LogP contribution is 2.35. The molecule has 1 N–H and O–H groups in total. The van der Waals surface area contributed by atoms with Gasteiger partial charge in [0.05, 0.1) is 17.8 Å². The Bertz CT molecular complexity index is 1070. The summed E-state index contributed by atoms with van der Waals surface area (Å²) in [5.74, 6) is -0.968. The third kappa shape index (κ3) is 3.84. The number of nitrogens with one attached hydrogen (secondary N) is 1. The van der Waals surface area contributed by atoms with Crippen LogP contribution in [0.5, 0.6) is 5.75 Å². The number of imide groups is 1. The van der Waals surface area contributed by atoms with Crippen LogP contribution in [0, 0.1) is 0 Å². The normalized spacial score (nSPS) is 19.7. The molecule has 0 spiro atoms. The van der Waals surface area contributed by atoms with E-state index < -0.39 is 23.9 Å². The van der Waals surface area contributed by atoms with Crippen LogP contribution in [0.25, 0.3) is 0 Å². The summed E-state index contributed by atoms with van der Waals surface area (Å²) in [6.45, 7) is 1.84. The van der Waals surface area contributed by atoms with E-state index in [2.05, 4.69) is 15.7 Å². The number of nitrogens with zero attached hydrogens (tertiary/aromatic N) is 4. The van der Waals surface area contributed by atoms with Crippen molar-refractivity contribution in [2.45, 2.75) is 25.4 Å². The Morgan fingerprint density at radius 3 is 2.55 bits per heavy atom. The fourth-order valence-corrected chi connectivity index (χ4v) is 3.83. The summed E-state index contributed by atoms with van der Waals surface area (Å²) in [7, 11) is 1.47. The van der Waals surface area contributed by atoms with E-state index in [1.807, 2.05) is 31.2 Å². The summed E-state index contributed by atoms with van der Waals surface area (Å²) in [5, 5.41) is 12.1. The topological polar surface area (TPSA) is 104 Å². The van der Waals surface area contributed by atoms with E-state index >= 15 is 0 Å². The first-order valence-electron chi connectivity index (χ1n) is 9.70. The summed E-state index contributed by atoms with van der Waals surface area (Å²) in [6.07, 6.45) is 0.900. The Balaban J connectivity index is 1.47. The van der Waals surface area contributed by atoms with Crippen molar-refractivity contribution in [3.63, 3.8) is 0 Å². The second-order valence-electron chi connectivity index (χ2n) is 7.12. The van der Waals surface area contributed by atoms with Crippen LogP contribution in [-0.2, 0) is 20.8 Å². The van der Waals surface area contributed by atoms with Crippen molar-refractivity contribution < 1.29 is 19.1 Å². The van der Waals surface area contributed by atoms with E-state index in [1.54, 1.807) is 12.1 Å². The number of fused-ring (bicyclic) bond motifs is 1.